The lowest BCUT2D eigenvalue weighted by Crippen LogP contribution is -2.30. The minimum absolute atomic E-state index is 0.180. The highest BCUT2D eigenvalue weighted by Gasteiger charge is 2.06. The second-order valence-corrected chi connectivity index (χ2v) is 4.64. The summed E-state index contributed by atoms with van der Waals surface area (Å²) in [4.78, 5) is 0. The molecule has 0 aliphatic heterocycles. The zero-order valence-electron chi connectivity index (χ0n) is 12.4. The van der Waals surface area contributed by atoms with E-state index >= 15 is 0 Å². The first-order valence-corrected chi connectivity index (χ1v) is 7.30. The van der Waals surface area contributed by atoms with Crippen molar-refractivity contribution in [1.29, 1.82) is 0 Å². The van der Waals surface area contributed by atoms with Gasteiger partial charge in [0, 0.05) is 19.8 Å². The van der Waals surface area contributed by atoms with Crippen molar-refractivity contribution in [3.63, 3.8) is 0 Å². The lowest BCUT2D eigenvalue weighted by Gasteiger charge is -2.17. The normalized spacial score (nSPS) is 12.4. The smallest absolute Gasteiger partial charge is 0.122 e. The Balaban J connectivity index is 2.21. The minimum atomic E-state index is 0.180. The Labute approximate surface area is 117 Å². The van der Waals surface area contributed by atoms with Crippen LogP contribution in [0.2, 0.25) is 0 Å². The molecule has 3 nitrogen and oxygen atoms in total. The van der Waals surface area contributed by atoms with Crippen LogP contribution in [0.4, 0.5) is 0 Å². The summed E-state index contributed by atoms with van der Waals surface area (Å²) >= 11 is 0. The Morgan fingerprint density at radius 1 is 1.21 bits per heavy atom. The highest BCUT2D eigenvalue weighted by molar-refractivity contribution is 5.33. The van der Waals surface area contributed by atoms with Gasteiger partial charge in [-0.1, -0.05) is 25.1 Å². The van der Waals surface area contributed by atoms with Gasteiger partial charge in [-0.05, 0) is 44.9 Å². The number of aryl methyl sites for hydroxylation is 1. The molecule has 0 heterocycles. The molecule has 108 valence electrons. The average Bonchev–Trinajstić information content (AvgIpc) is 2.43. The van der Waals surface area contributed by atoms with E-state index in [1.54, 1.807) is 0 Å². The highest BCUT2D eigenvalue weighted by Crippen LogP contribution is 2.19. The van der Waals surface area contributed by atoms with Gasteiger partial charge in [0.2, 0.25) is 0 Å². The number of benzene rings is 1. The quantitative estimate of drug-likeness (QED) is 0.660. The van der Waals surface area contributed by atoms with E-state index < -0.39 is 0 Å². The molecule has 0 bridgehead atoms. The van der Waals surface area contributed by atoms with Crippen LogP contribution in [0.1, 0.15) is 32.8 Å². The molecule has 0 aromatic heterocycles. The van der Waals surface area contributed by atoms with Crippen molar-refractivity contribution in [2.45, 2.75) is 39.7 Å². The second-order valence-electron chi connectivity index (χ2n) is 4.64. The SMILES string of the molecule is CCOCCCNCC(C)Oc1ccccc1CC. The van der Waals surface area contributed by atoms with E-state index in [4.69, 9.17) is 9.47 Å². The molecule has 19 heavy (non-hydrogen) atoms. The van der Waals surface area contributed by atoms with E-state index in [0.29, 0.717) is 0 Å². The van der Waals surface area contributed by atoms with Crippen molar-refractivity contribution in [2.75, 3.05) is 26.3 Å². The predicted molar refractivity (Wildman–Crippen MR) is 79.9 cm³/mol. The van der Waals surface area contributed by atoms with Gasteiger partial charge in [-0.3, -0.25) is 0 Å². The van der Waals surface area contributed by atoms with Crippen molar-refractivity contribution >= 4 is 0 Å². The monoisotopic (exact) mass is 265 g/mol. The number of nitrogens with one attached hydrogen (secondary N) is 1. The maximum Gasteiger partial charge on any atom is 0.122 e. The van der Waals surface area contributed by atoms with Crippen LogP contribution in [0.25, 0.3) is 0 Å². The Morgan fingerprint density at radius 2 is 2.00 bits per heavy atom. The van der Waals surface area contributed by atoms with Crippen molar-refractivity contribution in [3.05, 3.63) is 29.8 Å². The summed E-state index contributed by atoms with van der Waals surface area (Å²) in [6.07, 6.45) is 2.23. The Morgan fingerprint density at radius 3 is 2.74 bits per heavy atom. The number of rotatable bonds is 10. The number of hydrogen-bond acceptors (Lipinski definition) is 3. The fourth-order valence-corrected chi connectivity index (χ4v) is 1.92. The van der Waals surface area contributed by atoms with E-state index in [-0.39, 0.29) is 6.10 Å². The third-order valence-electron chi connectivity index (χ3n) is 2.96. The van der Waals surface area contributed by atoms with Crippen molar-refractivity contribution in [2.24, 2.45) is 0 Å². The summed E-state index contributed by atoms with van der Waals surface area (Å²) in [6, 6.07) is 8.25. The molecule has 0 fully saturated rings. The molecule has 0 amide bonds. The molecule has 1 rings (SSSR count). The first kappa shape index (κ1) is 16.0. The Bertz CT molecular complexity index is 341. The molecule has 1 aromatic rings. The van der Waals surface area contributed by atoms with Crippen molar-refractivity contribution in [1.82, 2.24) is 5.32 Å². The van der Waals surface area contributed by atoms with Gasteiger partial charge in [0.1, 0.15) is 11.9 Å². The predicted octanol–water partition coefficient (Wildman–Crippen LogP) is 3.03. The molecule has 0 saturated carbocycles. The van der Waals surface area contributed by atoms with Crippen LogP contribution < -0.4 is 10.1 Å². The molecule has 0 spiro atoms. The van der Waals surface area contributed by atoms with Crippen LogP contribution in [-0.4, -0.2) is 32.4 Å². The molecule has 1 atom stereocenters. The zero-order valence-corrected chi connectivity index (χ0v) is 12.4. The van der Waals surface area contributed by atoms with Gasteiger partial charge in [-0.2, -0.15) is 0 Å². The van der Waals surface area contributed by atoms with Crippen LogP contribution >= 0.6 is 0 Å². The van der Waals surface area contributed by atoms with Crippen LogP contribution in [-0.2, 0) is 11.2 Å². The fourth-order valence-electron chi connectivity index (χ4n) is 1.92. The summed E-state index contributed by atoms with van der Waals surface area (Å²) < 4.78 is 11.3. The minimum Gasteiger partial charge on any atom is -0.489 e. The standard InChI is InChI=1S/C16H27NO2/c1-4-15-9-6-7-10-16(15)19-14(3)13-17-11-8-12-18-5-2/h6-7,9-10,14,17H,4-5,8,11-13H2,1-3H3. The molecule has 0 aliphatic carbocycles. The zero-order chi connectivity index (χ0) is 13.9. The van der Waals surface area contributed by atoms with Gasteiger partial charge in [0.15, 0.2) is 0 Å². The third-order valence-corrected chi connectivity index (χ3v) is 2.96. The molecule has 1 unspecified atom stereocenters. The summed E-state index contributed by atoms with van der Waals surface area (Å²) in [5.41, 5.74) is 1.27. The second kappa shape index (κ2) is 9.82. The maximum atomic E-state index is 5.97. The molecule has 3 heteroatoms. The summed E-state index contributed by atoms with van der Waals surface area (Å²) in [6.45, 7) is 9.74. The first-order chi connectivity index (χ1) is 9.27. The van der Waals surface area contributed by atoms with Crippen LogP contribution in [0, 0.1) is 0 Å². The van der Waals surface area contributed by atoms with Crippen molar-refractivity contribution in [3.8, 4) is 5.75 Å². The molecule has 0 radical (unpaired) electrons. The molecule has 0 aliphatic rings. The third kappa shape index (κ3) is 6.60. The lowest BCUT2D eigenvalue weighted by atomic mass is 10.1. The van der Waals surface area contributed by atoms with Gasteiger partial charge >= 0.3 is 0 Å². The van der Waals surface area contributed by atoms with Gasteiger partial charge in [0.25, 0.3) is 0 Å². The number of hydrogen-bond donors (Lipinski definition) is 1. The Hall–Kier alpha value is -1.06. The maximum absolute atomic E-state index is 5.97. The van der Waals surface area contributed by atoms with E-state index in [2.05, 4.69) is 31.3 Å². The van der Waals surface area contributed by atoms with Crippen LogP contribution in [0.3, 0.4) is 0 Å². The first-order valence-electron chi connectivity index (χ1n) is 7.30. The lowest BCUT2D eigenvalue weighted by molar-refractivity contribution is 0.143. The largest absolute Gasteiger partial charge is 0.489 e. The average molecular weight is 265 g/mol. The molecular weight excluding hydrogens is 238 g/mol. The topological polar surface area (TPSA) is 30.5 Å². The number of ether oxygens (including phenoxy) is 2. The van der Waals surface area contributed by atoms with E-state index in [1.807, 2.05) is 19.1 Å². The van der Waals surface area contributed by atoms with E-state index in [0.717, 1.165) is 44.9 Å². The van der Waals surface area contributed by atoms with E-state index in [1.165, 1.54) is 5.56 Å². The van der Waals surface area contributed by atoms with Crippen LogP contribution in [0.15, 0.2) is 24.3 Å². The Kier molecular flexibility index (Phi) is 8.26. The van der Waals surface area contributed by atoms with Gasteiger partial charge < -0.3 is 14.8 Å². The molecular formula is C16H27NO2. The van der Waals surface area contributed by atoms with Gasteiger partial charge in [0.05, 0.1) is 0 Å². The van der Waals surface area contributed by atoms with E-state index in [9.17, 15) is 0 Å². The molecule has 1 aromatic carbocycles. The number of para-hydroxylation sites is 1. The summed E-state index contributed by atoms with van der Waals surface area (Å²) in [7, 11) is 0. The van der Waals surface area contributed by atoms with Crippen LogP contribution in [0.5, 0.6) is 5.75 Å². The fraction of sp³-hybridized carbons (Fsp3) is 0.625. The molecule has 1 N–H and O–H groups in total. The molecule has 0 saturated heterocycles. The van der Waals surface area contributed by atoms with Gasteiger partial charge in [-0.15, -0.1) is 0 Å². The van der Waals surface area contributed by atoms with Crippen molar-refractivity contribution < 1.29 is 9.47 Å². The highest BCUT2D eigenvalue weighted by atomic mass is 16.5. The summed E-state index contributed by atoms with van der Waals surface area (Å²) in [5.74, 6) is 1.01. The van der Waals surface area contributed by atoms with Gasteiger partial charge in [-0.25, -0.2) is 0 Å². The summed E-state index contributed by atoms with van der Waals surface area (Å²) in [5, 5.41) is 3.40.